The highest BCUT2D eigenvalue weighted by Gasteiger charge is 2.32. The third-order valence-electron chi connectivity index (χ3n) is 3.60. The fourth-order valence-corrected chi connectivity index (χ4v) is 2.30. The Kier molecular flexibility index (Phi) is 4.42. The minimum absolute atomic E-state index is 0.238. The predicted molar refractivity (Wildman–Crippen MR) is 88.1 cm³/mol. The van der Waals surface area contributed by atoms with Crippen molar-refractivity contribution in [1.29, 1.82) is 0 Å². The van der Waals surface area contributed by atoms with Crippen molar-refractivity contribution in [2.75, 3.05) is 11.9 Å². The smallest absolute Gasteiger partial charge is 0.313 e. The van der Waals surface area contributed by atoms with Crippen molar-refractivity contribution in [1.82, 2.24) is 15.3 Å². The summed E-state index contributed by atoms with van der Waals surface area (Å²) < 4.78 is 28.0. The number of H-pyrrole nitrogens is 1. The molecule has 128 valence electrons. The lowest BCUT2D eigenvalue weighted by Crippen LogP contribution is -2.41. The molecule has 0 atom stereocenters. The van der Waals surface area contributed by atoms with Gasteiger partial charge in [-0.3, -0.25) is 14.6 Å². The predicted octanol–water partition coefficient (Wildman–Crippen LogP) is 2.41. The molecule has 3 aromatic rings. The van der Waals surface area contributed by atoms with E-state index in [4.69, 9.17) is 0 Å². The number of aromatic amines is 1. The Morgan fingerprint density at radius 1 is 1.12 bits per heavy atom. The molecule has 25 heavy (non-hydrogen) atoms. The molecule has 0 unspecified atom stereocenters. The summed E-state index contributed by atoms with van der Waals surface area (Å²) in [5.74, 6) is -5.45. The van der Waals surface area contributed by atoms with Crippen LogP contribution in [0.4, 0.5) is 14.5 Å². The standard InChI is InChI=1S/C17H14F2N4O2/c18-17(19,11-4-2-1-3-5-11)10-22-15(24)16(25)23-14-9-21-13-6-7-20-8-12(13)14/h1-9,21H,10H2,(H,22,24)(H,23,25). The van der Waals surface area contributed by atoms with E-state index < -0.39 is 24.3 Å². The van der Waals surface area contributed by atoms with Crippen LogP contribution in [-0.4, -0.2) is 28.3 Å². The second-order valence-corrected chi connectivity index (χ2v) is 5.33. The number of carbonyl (C=O) groups is 2. The number of pyridine rings is 1. The van der Waals surface area contributed by atoms with Gasteiger partial charge in [0.15, 0.2) is 0 Å². The first-order valence-corrected chi connectivity index (χ1v) is 7.41. The van der Waals surface area contributed by atoms with Crippen molar-refractivity contribution in [3.63, 3.8) is 0 Å². The number of nitrogens with one attached hydrogen (secondary N) is 3. The number of halogens is 2. The molecule has 0 bridgehead atoms. The highest BCUT2D eigenvalue weighted by molar-refractivity contribution is 6.40. The molecule has 1 aromatic carbocycles. The molecule has 0 saturated carbocycles. The van der Waals surface area contributed by atoms with Crippen LogP contribution in [0.2, 0.25) is 0 Å². The molecule has 6 nitrogen and oxygen atoms in total. The van der Waals surface area contributed by atoms with Crippen LogP contribution in [0.1, 0.15) is 5.56 Å². The van der Waals surface area contributed by atoms with Gasteiger partial charge in [0.25, 0.3) is 5.92 Å². The summed E-state index contributed by atoms with van der Waals surface area (Å²) >= 11 is 0. The zero-order valence-corrected chi connectivity index (χ0v) is 12.9. The van der Waals surface area contributed by atoms with Crippen LogP contribution in [0.25, 0.3) is 10.9 Å². The molecule has 2 heterocycles. The molecule has 0 saturated heterocycles. The van der Waals surface area contributed by atoms with Crippen molar-refractivity contribution in [3.8, 4) is 0 Å². The highest BCUT2D eigenvalue weighted by Crippen LogP contribution is 2.26. The normalized spacial score (nSPS) is 11.3. The largest absolute Gasteiger partial charge is 0.359 e. The number of hydrogen-bond acceptors (Lipinski definition) is 3. The van der Waals surface area contributed by atoms with E-state index in [-0.39, 0.29) is 5.56 Å². The average Bonchev–Trinajstić information content (AvgIpc) is 3.03. The molecular weight excluding hydrogens is 330 g/mol. The number of aromatic nitrogens is 2. The van der Waals surface area contributed by atoms with E-state index in [0.29, 0.717) is 11.1 Å². The number of nitrogens with zero attached hydrogens (tertiary/aromatic N) is 1. The minimum atomic E-state index is -3.28. The first-order chi connectivity index (χ1) is 12.0. The molecule has 0 fully saturated rings. The molecule has 3 N–H and O–H groups in total. The van der Waals surface area contributed by atoms with Crippen LogP contribution < -0.4 is 10.6 Å². The SMILES string of the molecule is O=C(NCC(F)(F)c1ccccc1)C(=O)Nc1c[nH]c2ccncc12. The maximum absolute atomic E-state index is 14.0. The number of fused-ring (bicyclic) bond motifs is 1. The molecule has 3 rings (SSSR count). The quantitative estimate of drug-likeness (QED) is 0.635. The van der Waals surface area contributed by atoms with Crippen LogP contribution >= 0.6 is 0 Å². The second kappa shape index (κ2) is 6.68. The van der Waals surface area contributed by atoms with E-state index >= 15 is 0 Å². The van der Waals surface area contributed by atoms with E-state index in [0.717, 1.165) is 5.52 Å². The zero-order chi connectivity index (χ0) is 17.9. The van der Waals surface area contributed by atoms with Gasteiger partial charge < -0.3 is 15.6 Å². The number of carbonyl (C=O) groups excluding carboxylic acids is 2. The highest BCUT2D eigenvalue weighted by atomic mass is 19.3. The molecule has 2 aromatic heterocycles. The third-order valence-corrected chi connectivity index (χ3v) is 3.60. The van der Waals surface area contributed by atoms with Gasteiger partial charge in [-0.2, -0.15) is 8.78 Å². The van der Waals surface area contributed by atoms with E-state index in [2.05, 4.69) is 15.3 Å². The summed E-state index contributed by atoms with van der Waals surface area (Å²) in [5.41, 5.74) is 0.831. The number of benzene rings is 1. The topological polar surface area (TPSA) is 86.9 Å². The number of hydrogen-bond donors (Lipinski definition) is 3. The Hall–Kier alpha value is -3.29. The lowest BCUT2D eigenvalue weighted by molar-refractivity contribution is -0.137. The Morgan fingerprint density at radius 2 is 1.88 bits per heavy atom. The monoisotopic (exact) mass is 344 g/mol. The Bertz CT molecular complexity index is 909. The maximum Gasteiger partial charge on any atom is 0.313 e. The van der Waals surface area contributed by atoms with Crippen LogP contribution in [0.5, 0.6) is 0 Å². The average molecular weight is 344 g/mol. The lowest BCUT2D eigenvalue weighted by Gasteiger charge is -2.17. The molecule has 0 aliphatic carbocycles. The summed E-state index contributed by atoms with van der Waals surface area (Å²) in [4.78, 5) is 30.5. The molecule has 0 aliphatic rings. The molecule has 8 heteroatoms. The van der Waals surface area contributed by atoms with Gasteiger partial charge in [-0.05, 0) is 6.07 Å². The summed E-state index contributed by atoms with van der Waals surface area (Å²) in [6, 6.07) is 8.77. The van der Waals surface area contributed by atoms with Crippen molar-refractivity contribution in [2.45, 2.75) is 5.92 Å². The second-order valence-electron chi connectivity index (χ2n) is 5.33. The van der Waals surface area contributed by atoms with Crippen molar-refractivity contribution in [2.24, 2.45) is 0 Å². The van der Waals surface area contributed by atoms with E-state index in [1.165, 1.54) is 36.7 Å². The zero-order valence-electron chi connectivity index (χ0n) is 12.9. The van der Waals surface area contributed by atoms with Gasteiger partial charge in [0.05, 0.1) is 17.7 Å². The van der Waals surface area contributed by atoms with Crippen LogP contribution in [0, 0.1) is 0 Å². The van der Waals surface area contributed by atoms with Gasteiger partial charge in [0, 0.05) is 29.5 Å². The van der Waals surface area contributed by atoms with Gasteiger partial charge in [-0.25, -0.2) is 0 Å². The molecule has 0 radical (unpaired) electrons. The first kappa shape index (κ1) is 16.6. The third kappa shape index (κ3) is 3.63. The van der Waals surface area contributed by atoms with Gasteiger partial charge >= 0.3 is 11.8 Å². The number of alkyl halides is 2. The summed E-state index contributed by atoms with van der Waals surface area (Å²) in [7, 11) is 0. The molecular formula is C17H14F2N4O2. The number of anilines is 1. The van der Waals surface area contributed by atoms with E-state index in [1.54, 1.807) is 18.3 Å². The van der Waals surface area contributed by atoms with Crippen molar-refractivity contribution < 1.29 is 18.4 Å². The van der Waals surface area contributed by atoms with Gasteiger partial charge in [0.1, 0.15) is 0 Å². The minimum Gasteiger partial charge on any atom is -0.359 e. The Labute approximate surface area is 141 Å². The Balaban J connectivity index is 1.62. The fraction of sp³-hybridized carbons (Fsp3) is 0.118. The fourth-order valence-electron chi connectivity index (χ4n) is 2.30. The van der Waals surface area contributed by atoms with Gasteiger partial charge in [-0.1, -0.05) is 30.3 Å². The van der Waals surface area contributed by atoms with Crippen LogP contribution in [0.15, 0.2) is 55.0 Å². The van der Waals surface area contributed by atoms with E-state index in [1.807, 2.05) is 5.32 Å². The van der Waals surface area contributed by atoms with Crippen LogP contribution in [-0.2, 0) is 15.5 Å². The van der Waals surface area contributed by atoms with Gasteiger partial charge in [0.2, 0.25) is 0 Å². The van der Waals surface area contributed by atoms with E-state index in [9.17, 15) is 18.4 Å². The maximum atomic E-state index is 14.0. The number of rotatable bonds is 4. The molecule has 0 aliphatic heterocycles. The summed E-state index contributed by atoms with van der Waals surface area (Å²) in [6.07, 6.45) is 4.59. The van der Waals surface area contributed by atoms with Crippen molar-refractivity contribution >= 4 is 28.4 Å². The summed E-state index contributed by atoms with van der Waals surface area (Å²) in [5, 5.41) is 4.94. The summed E-state index contributed by atoms with van der Waals surface area (Å²) in [6.45, 7) is -0.974. The Morgan fingerprint density at radius 3 is 2.64 bits per heavy atom. The van der Waals surface area contributed by atoms with Gasteiger partial charge in [-0.15, -0.1) is 0 Å². The van der Waals surface area contributed by atoms with Crippen molar-refractivity contribution in [3.05, 3.63) is 60.6 Å². The molecule has 2 amide bonds. The lowest BCUT2D eigenvalue weighted by atomic mass is 10.1. The van der Waals surface area contributed by atoms with Crippen LogP contribution in [0.3, 0.4) is 0 Å². The first-order valence-electron chi connectivity index (χ1n) is 7.41. The number of amides is 2. The molecule has 0 spiro atoms.